The van der Waals surface area contributed by atoms with Crippen molar-refractivity contribution in [1.82, 2.24) is 19.5 Å². The Morgan fingerprint density at radius 1 is 0.302 bits per heavy atom. The minimum Gasteiger partial charge on any atom is -0.309 e. The van der Waals surface area contributed by atoms with Crippen molar-refractivity contribution in [3.05, 3.63) is 194 Å². The molecule has 0 N–H and O–H groups in total. The first-order chi connectivity index (χ1) is 26.3. The van der Waals surface area contributed by atoms with E-state index in [-0.39, 0.29) is 0 Å². The summed E-state index contributed by atoms with van der Waals surface area (Å²) in [6, 6.07) is 68.2. The molecule has 0 aliphatic rings. The lowest BCUT2D eigenvalue weighted by Crippen LogP contribution is -2.00. The molecule has 0 atom stereocenters. The summed E-state index contributed by atoms with van der Waals surface area (Å²) in [7, 11) is 0. The minimum absolute atomic E-state index is 0.643. The van der Waals surface area contributed by atoms with Gasteiger partial charge in [0.05, 0.1) is 11.0 Å². The lowest BCUT2D eigenvalue weighted by molar-refractivity contribution is 1.07. The van der Waals surface area contributed by atoms with Crippen molar-refractivity contribution in [1.29, 1.82) is 0 Å². The molecule has 0 fully saturated rings. The maximum absolute atomic E-state index is 4.99. The SMILES string of the molecule is c1ccc(-c2ccc(-n3c4ccccc4c4c5cc(-c6cccc(-c7nc(-c8ccccc8)nc(-c8ccccc8)n7)c6)ccc5ccc43)cc2)cc1. The first-order valence-electron chi connectivity index (χ1n) is 17.9. The number of benzene rings is 8. The Hall–Kier alpha value is -7.17. The van der Waals surface area contributed by atoms with Gasteiger partial charge in [0.25, 0.3) is 0 Å². The van der Waals surface area contributed by atoms with E-state index < -0.39 is 0 Å². The molecule has 10 aromatic rings. The summed E-state index contributed by atoms with van der Waals surface area (Å²) in [5.41, 5.74) is 11.0. The molecule has 0 aliphatic heterocycles. The van der Waals surface area contributed by atoms with Gasteiger partial charge in [0.1, 0.15) is 0 Å². The van der Waals surface area contributed by atoms with Crippen molar-refractivity contribution < 1.29 is 0 Å². The lowest BCUT2D eigenvalue weighted by atomic mass is 9.97. The highest BCUT2D eigenvalue weighted by Crippen LogP contribution is 2.39. The van der Waals surface area contributed by atoms with E-state index in [9.17, 15) is 0 Å². The van der Waals surface area contributed by atoms with E-state index in [1.807, 2.05) is 60.7 Å². The molecule has 4 heteroatoms. The van der Waals surface area contributed by atoms with E-state index in [2.05, 4.69) is 138 Å². The zero-order valence-corrected chi connectivity index (χ0v) is 28.8. The number of rotatable bonds is 6. The first kappa shape index (κ1) is 30.6. The molecule has 8 aromatic carbocycles. The Bertz CT molecular complexity index is 2860. The largest absolute Gasteiger partial charge is 0.309 e. The average Bonchev–Trinajstić information content (AvgIpc) is 3.59. The molecule has 0 spiro atoms. The monoisotopic (exact) mass is 676 g/mol. The van der Waals surface area contributed by atoms with Gasteiger partial charge in [0.15, 0.2) is 17.5 Å². The van der Waals surface area contributed by atoms with Gasteiger partial charge in [-0.3, -0.25) is 0 Å². The van der Waals surface area contributed by atoms with Crippen LogP contribution in [0.3, 0.4) is 0 Å². The molecule has 2 aromatic heterocycles. The van der Waals surface area contributed by atoms with E-state index in [0.717, 1.165) is 33.5 Å². The Kier molecular flexibility index (Phi) is 7.43. The molecule has 0 bridgehead atoms. The second kappa shape index (κ2) is 12.9. The fourth-order valence-corrected chi connectivity index (χ4v) is 7.45. The quantitative estimate of drug-likeness (QED) is 0.176. The van der Waals surface area contributed by atoms with Crippen LogP contribution >= 0.6 is 0 Å². The molecule has 248 valence electrons. The highest BCUT2D eigenvalue weighted by atomic mass is 15.0. The van der Waals surface area contributed by atoms with E-state index in [1.165, 1.54) is 43.7 Å². The maximum atomic E-state index is 4.99. The van der Waals surface area contributed by atoms with Crippen LogP contribution in [0.4, 0.5) is 0 Å². The summed E-state index contributed by atoms with van der Waals surface area (Å²) in [6.07, 6.45) is 0. The van der Waals surface area contributed by atoms with Crippen molar-refractivity contribution in [2.75, 3.05) is 0 Å². The summed E-state index contributed by atoms with van der Waals surface area (Å²) in [5.74, 6) is 1.95. The molecule has 0 saturated carbocycles. The van der Waals surface area contributed by atoms with E-state index in [4.69, 9.17) is 15.0 Å². The van der Waals surface area contributed by atoms with Gasteiger partial charge in [-0.05, 0) is 69.4 Å². The van der Waals surface area contributed by atoms with Gasteiger partial charge in [0.2, 0.25) is 0 Å². The third-order valence-corrected chi connectivity index (χ3v) is 10.0. The van der Waals surface area contributed by atoms with Crippen LogP contribution in [0.25, 0.3) is 94.7 Å². The zero-order valence-electron chi connectivity index (χ0n) is 28.8. The number of hydrogen-bond acceptors (Lipinski definition) is 3. The van der Waals surface area contributed by atoms with Gasteiger partial charge in [-0.15, -0.1) is 0 Å². The molecular formula is C49H32N4. The van der Waals surface area contributed by atoms with E-state index >= 15 is 0 Å². The summed E-state index contributed by atoms with van der Waals surface area (Å²) in [5, 5.41) is 4.91. The molecule has 10 rings (SSSR count). The fourth-order valence-electron chi connectivity index (χ4n) is 7.45. The fraction of sp³-hybridized carbons (Fsp3) is 0. The molecule has 53 heavy (non-hydrogen) atoms. The number of para-hydroxylation sites is 1. The van der Waals surface area contributed by atoms with E-state index in [0.29, 0.717) is 17.5 Å². The van der Waals surface area contributed by atoms with Gasteiger partial charge in [0, 0.05) is 33.2 Å². The minimum atomic E-state index is 0.643. The number of hydrogen-bond donors (Lipinski definition) is 0. The number of fused-ring (bicyclic) bond motifs is 5. The second-order valence-corrected chi connectivity index (χ2v) is 13.3. The van der Waals surface area contributed by atoms with E-state index in [1.54, 1.807) is 0 Å². The highest BCUT2D eigenvalue weighted by molar-refractivity contribution is 6.21. The van der Waals surface area contributed by atoms with Crippen molar-refractivity contribution >= 4 is 32.6 Å². The van der Waals surface area contributed by atoms with Gasteiger partial charge < -0.3 is 4.57 Å². The Balaban J connectivity index is 1.10. The average molecular weight is 677 g/mol. The number of aromatic nitrogens is 4. The second-order valence-electron chi connectivity index (χ2n) is 13.3. The summed E-state index contributed by atoms with van der Waals surface area (Å²) < 4.78 is 2.39. The van der Waals surface area contributed by atoms with Gasteiger partial charge in [-0.2, -0.15) is 0 Å². The van der Waals surface area contributed by atoms with Crippen molar-refractivity contribution in [2.24, 2.45) is 0 Å². The van der Waals surface area contributed by atoms with Crippen molar-refractivity contribution in [3.63, 3.8) is 0 Å². The van der Waals surface area contributed by atoms with Crippen LogP contribution in [0.2, 0.25) is 0 Å². The topological polar surface area (TPSA) is 43.6 Å². The Morgan fingerprint density at radius 2 is 0.792 bits per heavy atom. The third kappa shape index (κ3) is 5.54. The predicted molar refractivity (Wildman–Crippen MR) is 219 cm³/mol. The Morgan fingerprint density at radius 3 is 1.47 bits per heavy atom. The molecule has 0 amide bonds. The van der Waals surface area contributed by atoms with Gasteiger partial charge >= 0.3 is 0 Å². The molecule has 0 unspecified atom stereocenters. The standard InChI is InChI=1S/C49H32N4/c1-4-13-33(14-5-1)34-25-28-41(29-26-34)53-44-22-11-10-21-42(44)46-43-32-39(24-23-35(43)27-30-45(46)53)38-19-12-20-40(31-38)49-51-47(36-15-6-2-7-16-36)50-48(52-49)37-17-8-3-9-18-37/h1-32H. The lowest BCUT2D eigenvalue weighted by Gasteiger charge is -2.11. The summed E-state index contributed by atoms with van der Waals surface area (Å²) in [4.78, 5) is 14.9. The summed E-state index contributed by atoms with van der Waals surface area (Å²) in [6.45, 7) is 0. The maximum Gasteiger partial charge on any atom is 0.164 e. The van der Waals surface area contributed by atoms with Crippen LogP contribution in [0.5, 0.6) is 0 Å². The van der Waals surface area contributed by atoms with Crippen LogP contribution in [0.15, 0.2) is 194 Å². The Labute approximate surface area is 307 Å². The molecule has 0 radical (unpaired) electrons. The molecule has 0 aliphatic carbocycles. The molecular weight excluding hydrogens is 645 g/mol. The van der Waals surface area contributed by atoms with Crippen LogP contribution in [-0.2, 0) is 0 Å². The van der Waals surface area contributed by atoms with Crippen LogP contribution in [-0.4, -0.2) is 19.5 Å². The third-order valence-electron chi connectivity index (χ3n) is 10.0. The van der Waals surface area contributed by atoms with Crippen molar-refractivity contribution in [3.8, 4) is 62.1 Å². The van der Waals surface area contributed by atoms with Crippen molar-refractivity contribution in [2.45, 2.75) is 0 Å². The number of nitrogens with zero attached hydrogens (tertiary/aromatic N) is 4. The smallest absolute Gasteiger partial charge is 0.164 e. The van der Waals surface area contributed by atoms with Crippen LogP contribution in [0.1, 0.15) is 0 Å². The normalized spacial score (nSPS) is 11.4. The van der Waals surface area contributed by atoms with Gasteiger partial charge in [-0.25, -0.2) is 15.0 Å². The van der Waals surface area contributed by atoms with Gasteiger partial charge in [-0.1, -0.05) is 158 Å². The zero-order chi connectivity index (χ0) is 35.1. The summed E-state index contributed by atoms with van der Waals surface area (Å²) >= 11 is 0. The first-order valence-corrected chi connectivity index (χ1v) is 17.9. The highest BCUT2D eigenvalue weighted by Gasteiger charge is 2.17. The molecule has 2 heterocycles. The van der Waals surface area contributed by atoms with Crippen LogP contribution < -0.4 is 0 Å². The predicted octanol–water partition coefficient (Wildman–Crippen LogP) is 12.5. The van der Waals surface area contributed by atoms with Crippen LogP contribution in [0, 0.1) is 0 Å². The molecule has 4 nitrogen and oxygen atoms in total. The molecule has 0 saturated heterocycles.